The molecule has 0 aliphatic carbocycles. The second-order valence-electron chi connectivity index (χ2n) is 7.56. The van der Waals surface area contributed by atoms with Crippen LogP contribution in [0, 0.1) is 0 Å². The lowest BCUT2D eigenvalue weighted by Crippen LogP contribution is -2.44. The van der Waals surface area contributed by atoms with Crippen LogP contribution in [0.25, 0.3) is 0 Å². The highest BCUT2D eigenvalue weighted by molar-refractivity contribution is 7.15. The van der Waals surface area contributed by atoms with E-state index in [2.05, 4.69) is 21.3 Å². The van der Waals surface area contributed by atoms with Gasteiger partial charge in [0.2, 0.25) is 5.91 Å². The van der Waals surface area contributed by atoms with Crippen molar-refractivity contribution in [2.45, 2.75) is 25.8 Å². The summed E-state index contributed by atoms with van der Waals surface area (Å²) in [5, 5.41) is 3.37. The zero-order valence-electron chi connectivity index (χ0n) is 16.5. The van der Waals surface area contributed by atoms with Crippen molar-refractivity contribution in [2.75, 3.05) is 29.9 Å². The van der Waals surface area contributed by atoms with E-state index in [4.69, 9.17) is 4.42 Å². The van der Waals surface area contributed by atoms with Crippen LogP contribution in [-0.4, -0.2) is 41.3 Å². The number of anilines is 2. The summed E-state index contributed by atoms with van der Waals surface area (Å²) < 4.78 is 5.13. The summed E-state index contributed by atoms with van der Waals surface area (Å²) in [7, 11) is 0. The maximum atomic E-state index is 13.0. The summed E-state index contributed by atoms with van der Waals surface area (Å²) in [6.45, 7) is 2.62. The minimum absolute atomic E-state index is 0.140. The Hall–Kier alpha value is -2.97. The van der Waals surface area contributed by atoms with Crippen LogP contribution in [0.5, 0.6) is 0 Å². The highest BCUT2D eigenvalue weighted by Gasteiger charge is 2.27. The third-order valence-electron chi connectivity index (χ3n) is 5.55. The first-order chi connectivity index (χ1) is 14.7. The maximum absolute atomic E-state index is 13.0. The standard InChI is InChI=1S/C22H22N4O3S/c27-20(26-10-3-6-15-5-1-2-7-17(15)26)14-25-11-9-16-19(13-25)30-22(23-16)24-21(28)18-8-4-12-29-18/h1-2,4-5,7-8,12H,3,6,9-11,13-14H2,(H,23,24,28). The first-order valence-electron chi connectivity index (χ1n) is 10.1. The zero-order chi connectivity index (χ0) is 20.5. The quantitative estimate of drug-likeness (QED) is 0.698. The van der Waals surface area contributed by atoms with E-state index >= 15 is 0 Å². The van der Waals surface area contributed by atoms with Crippen LogP contribution in [0.4, 0.5) is 10.8 Å². The van der Waals surface area contributed by atoms with Crippen LogP contribution in [0.3, 0.4) is 0 Å². The van der Waals surface area contributed by atoms with E-state index in [1.54, 1.807) is 12.1 Å². The Balaban J connectivity index is 1.24. The van der Waals surface area contributed by atoms with E-state index in [9.17, 15) is 9.59 Å². The molecule has 0 saturated carbocycles. The van der Waals surface area contributed by atoms with Gasteiger partial charge < -0.3 is 9.32 Å². The summed E-state index contributed by atoms with van der Waals surface area (Å²) in [6.07, 6.45) is 4.27. The van der Waals surface area contributed by atoms with E-state index in [-0.39, 0.29) is 17.6 Å². The van der Waals surface area contributed by atoms with Gasteiger partial charge in [0, 0.05) is 36.6 Å². The molecule has 154 valence electrons. The molecule has 0 fully saturated rings. The Labute approximate surface area is 178 Å². The van der Waals surface area contributed by atoms with Crippen molar-refractivity contribution < 1.29 is 14.0 Å². The number of carbonyl (C=O) groups is 2. The van der Waals surface area contributed by atoms with Crippen LogP contribution < -0.4 is 10.2 Å². The largest absolute Gasteiger partial charge is 0.459 e. The number of rotatable bonds is 4. The molecule has 0 radical (unpaired) electrons. The number of fused-ring (bicyclic) bond motifs is 2. The highest BCUT2D eigenvalue weighted by Crippen LogP contribution is 2.30. The predicted molar refractivity (Wildman–Crippen MR) is 115 cm³/mol. The monoisotopic (exact) mass is 422 g/mol. The Bertz CT molecular complexity index is 1080. The number of furan rings is 1. The Morgan fingerprint density at radius 3 is 2.90 bits per heavy atom. The summed E-state index contributed by atoms with van der Waals surface area (Å²) in [5.41, 5.74) is 3.30. The maximum Gasteiger partial charge on any atom is 0.293 e. The molecule has 5 rings (SSSR count). The number of carbonyl (C=O) groups excluding carboxylic acids is 2. The molecule has 0 bridgehead atoms. The highest BCUT2D eigenvalue weighted by atomic mass is 32.1. The van der Waals surface area contributed by atoms with Crippen molar-refractivity contribution >= 4 is 34.0 Å². The molecular weight excluding hydrogens is 400 g/mol. The molecule has 7 nitrogen and oxygen atoms in total. The van der Waals surface area contributed by atoms with Gasteiger partial charge in [0.15, 0.2) is 10.9 Å². The van der Waals surface area contributed by atoms with E-state index in [1.807, 2.05) is 23.1 Å². The number of para-hydroxylation sites is 1. The first kappa shape index (κ1) is 19.0. The molecule has 1 aromatic carbocycles. The Morgan fingerprint density at radius 2 is 2.03 bits per heavy atom. The molecule has 3 aromatic rings. The lowest BCUT2D eigenvalue weighted by molar-refractivity contribution is -0.120. The van der Waals surface area contributed by atoms with Crippen molar-refractivity contribution in [3.63, 3.8) is 0 Å². The smallest absolute Gasteiger partial charge is 0.293 e. The first-order valence-corrected chi connectivity index (χ1v) is 10.9. The zero-order valence-corrected chi connectivity index (χ0v) is 17.3. The third kappa shape index (κ3) is 3.76. The molecule has 0 spiro atoms. The van der Waals surface area contributed by atoms with Gasteiger partial charge in [0.1, 0.15) is 0 Å². The molecule has 30 heavy (non-hydrogen) atoms. The van der Waals surface area contributed by atoms with Gasteiger partial charge in [0.05, 0.1) is 18.5 Å². The molecule has 0 unspecified atom stereocenters. The lowest BCUT2D eigenvalue weighted by Gasteiger charge is -2.32. The average Bonchev–Trinajstić information content (AvgIpc) is 3.42. The number of hydrogen-bond acceptors (Lipinski definition) is 6. The van der Waals surface area contributed by atoms with Gasteiger partial charge in [-0.15, -0.1) is 11.3 Å². The van der Waals surface area contributed by atoms with Gasteiger partial charge in [-0.1, -0.05) is 18.2 Å². The van der Waals surface area contributed by atoms with Crippen molar-refractivity contribution in [3.8, 4) is 0 Å². The second-order valence-corrected chi connectivity index (χ2v) is 8.64. The minimum Gasteiger partial charge on any atom is -0.459 e. The number of thiazole rings is 1. The molecule has 2 aromatic heterocycles. The number of nitrogens with one attached hydrogen (secondary N) is 1. The Morgan fingerprint density at radius 1 is 1.13 bits per heavy atom. The number of aromatic nitrogens is 1. The van der Waals surface area contributed by atoms with Gasteiger partial charge in [-0.2, -0.15) is 0 Å². The number of aryl methyl sites for hydroxylation is 1. The predicted octanol–water partition coefficient (Wildman–Crippen LogP) is 3.33. The summed E-state index contributed by atoms with van der Waals surface area (Å²) >= 11 is 1.46. The molecular formula is C22H22N4O3S. The van der Waals surface area contributed by atoms with Crippen LogP contribution in [0.15, 0.2) is 47.1 Å². The van der Waals surface area contributed by atoms with Gasteiger partial charge in [-0.3, -0.25) is 19.8 Å². The molecule has 2 aliphatic heterocycles. The topological polar surface area (TPSA) is 78.7 Å². The SMILES string of the molecule is O=C(Nc1nc2c(s1)CN(CC(=O)N1CCCc3ccccc31)CC2)c1ccco1. The molecule has 0 atom stereocenters. The number of nitrogens with zero attached hydrogens (tertiary/aromatic N) is 3. The van der Waals surface area contributed by atoms with Crippen LogP contribution in [0.1, 0.15) is 33.1 Å². The number of amides is 2. The molecule has 8 heteroatoms. The fourth-order valence-corrected chi connectivity index (χ4v) is 5.12. The van der Waals surface area contributed by atoms with Crippen LogP contribution in [0.2, 0.25) is 0 Å². The Kier molecular flexibility index (Phi) is 5.10. The third-order valence-corrected chi connectivity index (χ3v) is 6.54. The van der Waals surface area contributed by atoms with Gasteiger partial charge in [0.25, 0.3) is 5.91 Å². The summed E-state index contributed by atoms with van der Waals surface area (Å²) in [6, 6.07) is 11.5. The van der Waals surface area contributed by atoms with Crippen molar-refractivity contribution in [2.24, 2.45) is 0 Å². The molecule has 0 saturated heterocycles. The number of benzene rings is 1. The van der Waals surface area contributed by atoms with Crippen molar-refractivity contribution in [1.82, 2.24) is 9.88 Å². The molecule has 2 aliphatic rings. The van der Waals surface area contributed by atoms with E-state index in [0.29, 0.717) is 18.2 Å². The van der Waals surface area contributed by atoms with Crippen molar-refractivity contribution in [1.29, 1.82) is 0 Å². The summed E-state index contributed by atoms with van der Waals surface area (Å²) in [5.74, 6) is 0.0977. The molecule has 1 N–H and O–H groups in total. The van der Waals surface area contributed by atoms with E-state index in [0.717, 1.165) is 48.6 Å². The summed E-state index contributed by atoms with van der Waals surface area (Å²) in [4.78, 5) is 35.0. The molecule has 2 amide bonds. The average molecular weight is 423 g/mol. The van der Waals surface area contributed by atoms with Gasteiger partial charge >= 0.3 is 0 Å². The van der Waals surface area contributed by atoms with Crippen molar-refractivity contribution in [3.05, 3.63) is 64.6 Å². The fraction of sp³-hybridized carbons (Fsp3) is 0.318. The van der Waals surface area contributed by atoms with Gasteiger partial charge in [-0.05, 0) is 36.6 Å². The van der Waals surface area contributed by atoms with E-state index < -0.39 is 0 Å². The van der Waals surface area contributed by atoms with E-state index in [1.165, 1.54) is 23.2 Å². The lowest BCUT2D eigenvalue weighted by atomic mass is 10.0. The minimum atomic E-state index is -0.304. The number of hydrogen-bond donors (Lipinski definition) is 1. The van der Waals surface area contributed by atoms with Gasteiger partial charge in [-0.25, -0.2) is 4.98 Å². The second kappa shape index (κ2) is 8.04. The van der Waals surface area contributed by atoms with Crippen LogP contribution in [-0.2, 0) is 24.2 Å². The normalized spacial score (nSPS) is 16.1. The molecule has 4 heterocycles. The van der Waals surface area contributed by atoms with Crippen LogP contribution >= 0.6 is 11.3 Å². The fourth-order valence-electron chi connectivity index (χ4n) is 4.07.